The molecule has 4 nitrogen and oxygen atoms in total. The summed E-state index contributed by atoms with van der Waals surface area (Å²) in [5.41, 5.74) is 8.64. The molecule has 2 aromatic heterocycles. The van der Waals surface area contributed by atoms with Crippen LogP contribution in [0.4, 0.5) is 5.82 Å². The van der Waals surface area contributed by atoms with E-state index in [9.17, 15) is 0 Å². The van der Waals surface area contributed by atoms with E-state index in [-0.39, 0.29) is 0 Å². The van der Waals surface area contributed by atoms with E-state index in [4.69, 9.17) is 11.0 Å². The maximum absolute atomic E-state index is 8.99. The summed E-state index contributed by atoms with van der Waals surface area (Å²) in [6, 6.07) is 3.90. The van der Waals surface area contributed by atoms with Crippen molar-refractivity contribution >= 4 is 16.7 Å². The van der Waals surface area contributed by atoms with E-state index in [2.05, 4.69) is 16.0 Å². The van der Waals surface area contributed by atoms with Crippen LogP contribution in [0.1, 0.15) is 16.8 Å². The standard InChI is InChI=1S/C11H10N4/c1-6-8-3-11(13)14-5-10(8)15-7(2)9(6)4-12/h3,5H,1-2H3,(H2,13,14). The van der Waals surface area contributed by atoms with Crippen molar-refractivity contribution in [2.24, 2.45) is 0 Å². The Morgan fingerprint density at radius 2 is 2.13 bits per heavy atom. The van der Waals surface area contributed by atoms with Crippen LogP contribution in [-0.4, -0.2) is 9.97 Å². The first-order valence-corrected chi connectivity index (χ1v) is 4.56. The number of fused-ring (bicyclic) bond motifs is 1. The Labute approximate surface area is 87.4 Å². The Morgan fingerprint density at radius 1 is 1.40 bits per heavy atom. The van der Waals surface area contributed by atoms with Gasteiger partial charge in [-0.15, -0.1) is 0 Å². The van der Waals surface area contributed by atoms with Crippen molar-refractivity contribution in [2.45, 2.75) is 13.8 Å². The number of rotatable bonds is 0. The topological polar surface area (TPSA) is 75.6 Å². The lowest BCUT2D eigenvalue weighted by molar-refractivity contribution is 1.19. The van der Waals surface area contributed by atoms with E-state index < -0.39 is 0 Å². The highest BCUT2D eigenvalue weighted by molar-refractivity contribution is 5.85. The van der Waals surface area contributed by atoms with E-state index >= 15 is 0 Å². The molecule has 0 radical (unpaired) electrons. The summed E-state index contributed by atoms with van der Waals surface area (Å²) in [4.78, 5) is 8.29. The predicted molar refractivity (Wildman–Crippen MR) is 58.1 cm³/mol. The number of nitrogens with zero attached hydrogens (tertiary/aromatic N) is 3. The van der Waals surface area contributed by atoms with Gasteiger partial charge in [-0.2, -0.15) is 5.26 Å². The van der Waals surface area contributed by atoms with Crippen molar-refractivity contribution in [1.82, 2.24) is 9.97 Å². The molecule has 0 saturated heterocycles. The number of nitrogen functional groups attached to an aromatic ring is 1. The Morgan fingerprint density at radius 3 is 2.80 bits per heavy atom. The summed E-state index contributed by atoms with van der Waals surface area (Å²) in [5.74, 6) is 0.445. The lowest BCUT2D eigenvalue weighted by Gasteiger charge is -2.06. The summed E-state index contributed by atoms with van der Waals surface area (Å²) < 4.78 is 0. The Bertz CT molecular complexity index is 581. The summed E-state index contributed by atoms with van der Waals surface area (Å²) in [7, 11) is 0. The minimum Gasteiger partial charge on any atom is -0.384 e. The molecule has 74 valence electrons. The molecule has 0 aromatic carbocycles. The zero-order valence-electron chi connectivity index (χ0n) is 8.57. The molecular formula is C11H10N4. The molecule has 0 fully saturated rings. The van der Waals surface area contributed by atoms with E-state index in [1.807, 2.05) is 13.8 Å². The summed E-state index contributed by atoms with van der Waals surface area (Å²) in [6.07, 6.45) is 1.63. The van der Waals surface area contributed by atoms with Gasteiger partial charge in [0, 0.05) is 5.39 Å². The van der Waals surface area contributed by atoms with Gasteiger partial charge in [0.05, 0.1) is 23.0 Å². The van der Waals surface area contributed by atoms with E-state index in [0.717, 1.165) is 22.2 Å². The molecule has 0 amide bonds. The van der Waals surface area contributed by atoms with Crippen molar-refractivity contribution in [2.75, 3.05) is 5.73 Å². The van der Waals surface area contributed by atoms with Crippen LogP contribution in [0.2, 0.25) is 0 Å². The van der Waals surface area contributed by atoms with E-state index in [1.165, 1.54) is 0 Å². The second-order valence-electron chi connectivity index (χ2n) is 3.44. The number of pyridine rings is 2. The van der Waals surface area contributed by atoms with Crippen molar-refractivity contribution in [1.29, 1.82) is 5.26 Å². The maximum atomic E-state index is 8.99. The molecule has 2 aromatic rings. The summed E-state index contributed by atoms with van der Waals surface area (Å²) >= 11 is 0. The fraction of sp³-hybridized carbons (Fsp3) is 0.182. The molecule has 2 rings (SSSR count). The van der Waals surface area contributed by atoms with Gasteiger partial charge in [-0.1, -0.05) is 0 Å². The van der Waals surface area contributed by atoms with Crippen LogP contribution in [0.15, 0.2) is 12.3 Å². The zero-order valence-corrected chi connectivity index (χ0v) is 8.57. The molecule has 0 bridgehead atoms. The number of aryl methyl sites for hydroxylation is 2. The third-order valence-corrected chi connectivity index (χ3v) is 2.44. The molecule has 0 aliphatic rings. The molecule has 2 N–H and O–H groups in total. The molecule has 0 aliphatic carbocycles. The first-order chi connectivity index (χ1) is 7.13. The molecule has 0 aliphatic heterocycles. The first-order valence-electron chi connectivity index (χ1n) is 4.56. The second-order valence-corrected chi connectivity index (χ2v) is 3.44. The minimum atomic E-state index is 0.445. The van der Waals surface area contributed by atoms with Crippen LogP contribution in [0.3, 0.4) is 0 Å². The lowest BCUT2D eigenvalue weighted by atomic mass is 10.0. The number of hydrogen-bond acceptors (Lipinski definition) is 4. The average molecular weight is 198 g/mol. The minimum absolute atomic E-state index is 0.445. The van der Waals surface area contributed by atoms with Gasteiger partial charge in [-0.3, -0.25) is 4.98 Å². The van der Waals surface area contributed by atoms with Crippen LogP contribution in [0.25, 0.3) is 10.9 Å². The van der Waals surface area contributed by atoms with Crippen LogP contribution in [0, 0.1) is 25.2 Å². The number of aromatic nitrogens is 2. The number of anilines is 1. The van der Waals surface area contributed by atoms with Gasteiger partial charge in [0.25, 0.3) is 0 Å². The Hall–Kier alpha value is -2.15. The fourth-order valence-corrected chi connectivity index (χ4v) is 1.66. The van der Waals surface area contributed by atoms with Crippen LogP contribution in [0.5, 0.6) is 0 Å². The third kappa shape index (κ3) is 1.38. The van der Waals surface area contributed by atoms with Gasteiger partial charge in [-0.05, 0) is 25.5 Å². The van der Waals surface area contributed by atoms with Gasteiger partial charge in [0.1, 0.15) is 11.9 Å². The normalized spacial score (nSPS) is 10.2. The molecule has 0 spiro atoms. The molecule has 0 atom stereocenters. The molecule has 0 unspecified atom stereocenters. The van der Waals surface area contributed by atoms with Crippen LogP contribution < -0.4 is 5.73 Å². The predicted octanol–water partition coefficient (Wildman–Crippen LogP) is 1.70. The third-order valence-electron chi connectivity index (χ3n) is 2.44. The zero-order chi connectivity index (χ0) is 11.0. The highest BCUT2D eigenvalue weighted by Gasteiger charge is 2.08. The van der Waals surface area contributed by atoms with Crippen molar-refractivity contribution in [3.63, 3.8) is 0 Å². The molecular weight excluding hydrogens is 188 g/mol. The van der Waals surface area contributed by atoms with E-state index in [1.54, 1.807) is 12.3 Å². The van der Waals surface area contributed by atoms with Crippen molar-refractivity contribution in [3.05, 3.63) is 29.1 Å². The number of nitriles is 1. The molecule has 0 saturated carbocycles. The van der Waals surface area contributed by atoms with Gasteiger partial charge < -0.3 is 5.73 Å². The highest BCUT2D eigenvalue weighted by atomic mass is 14.8. The summed E-state index contributed by atoms with van der Waals surface area (Å²) in [6.45, 7) is 3.72. The second kappa shape index (κ2) is 3.21. The fourth-order valence-electron chi connectivity index (χ4n) is 1.66. The van der Waals surface area contributed by atoms with Crippen molar-refractivity contribution < 1.29 is 0 Å². The van der Waals surface area contributed by atoms with E-state index in [0.29, 0.717) is 11.4 Å². The van der Waals surface area contributed by atoms with Gasteiger partial charge in [-0.25, -0.2) is 4.98 Å². The van der Waals surface area contributed by atoms with Crippen LogP contribution in [-0.2, 0) is 0 Å². The quantitative estimate of drug-likeness (QED) is 0.699. The highest BCUT2D eigenvalue weighted by Crippen LogP contribution is 2.22. The lowest BCUT2D eigenvalue weighted by Crippen LogP contribution is -1.97. The number of hydrogen-bond donors (Lipinski definition) is 1. The maximum Gasteiger partial charge on any atom is 0.124 e. The molecule has 15 heavy (non-hydrogen) atoms. The van der Waals surface area contributed by atoms with Gasteiger partial charge in [0.15, 0.2) is 0 Å². The van der Waals surface area contributed by atoms with Crippen LogP contribution >= 0.6 is 0 Å². The Balaban J connectivity index is 2.94. The monoisotopic (exact) mass is 198 g/mol. The summed E-state index contributed by atoms with van der Waals surface area (Å²) in [5, 5.41) is 9.88. The Kier molecular flexibility index (Phi) is 2.01. The van der Waals surface area contributed by atoms with Gasteiger partial charge in [0.2, 0.25) is 0 Å². The number of nitrogens with two attached hydrogens (primary N) is 1. The van der Waals surface area contributed by atoms with Gasteiger partial charge >= 0.3 is 0 Å². The smallest absolute Gasteiger partial charge is 0.124 e. The molecule has 4 heteroatoms. The first kappa shape index (κ1) is 9.41. The van der Waals surface area contributed by atoms with Crippen molar-refractivity contribution in [3.8, 4) is 6.07 Å². The SMILES string of the molecule is Cc1nc2cnc(N)cc2c(C)c1C#N. The molecule has 2 heterocycles. The average Bonchev–Trinajstić information content (AvgIpc) is 2.20. The largest absolute Gasteiger partial charge is 0.384 e.